The molecule has 0 bridgehead atoms. The average Bonchev–Trinajstić information content (AvgIpc) is 2.42. The van der Waals surface area contributed by atoms with E-state index < -0.39 is 18.1 Å². The van der Waals surface area contributed by atoms with E-state index in [1.54, 1.807) is 0 Å². The number of carboxylic acid groups (broad SMARTS) is 1. The summed E-state index contributed by atoms with van der Waals surface area (Å²) in [5.41, 5.74) is 0.824. The highest BCUT2D eigenvalue weighted by atomic mass is 79.9. The highest BCUT2D eigenvalue weighted by Gasteiger charge is 2.16. The van der Waals surface area contributed by atoms with Gasteiger partial charge in [0.15, 0.2) is 0 Å². The Kier molecular flexibility index (Phi) is 6.79. The van der Waals surface area contributed by atoms with Gasteiger partial charge in [0.2, 0.25) is 0 Å². The molecular formula is C14H16BrNO4. The largest absolute Gasteiger partial charge is 0.481 e. The lowest BCUT2D eigenvalue weighted by Gasteiger charge is -2.18. The van der Waals surface area contributed by atoms with E-state index in [1.165, 1.54) is 6.08 Å². The summed E-state index contributed by atoms with van der Waals surface area (Å²) >= 11 is 3.32. The van der Waals surface area contributed by atoms with Gasteiger partial charge in [-0.25, -0.2) is 4.79 Å². The molecule has 0 saturated carbocycles. The highest BCUT2D eigenvalue weighted by molar-refractivity contribution is 9.10. The minimum absolute atomic E-state index is 0.0392. The van der Waals surface area contributed by atoms with E-state index in [-0.39, 0.29) is 13.0 Å². The lowest BCUT2D eigenvalue weighted by Crippen LogP contribution is -2.29. The number of alkyl carbamates (subject to hydrolysis) is 1. The highest BCUT2D eigenvalue weighted by Crippen LogP contribution is 2.21. The lowest BCUT2D eigenvalue weighted by atomic mass is 10.0. The van der Waals surface area contributed by atoms with Gasteiger partial charge >= 0.3 is 12.1 Å². The Bertz CT molecular complexity index is 473. The number of rotatable bonds is 7. The van der Waals surface area contributed by atoms with Gasteiger partial charge in [-0.3, -0.25) is 4.79 Å². The van der Waals surface area contributed by atoms with Crippen LogP contribution < -0.4 is 5.32 Å². The van der Waals surface area contributed by atoms with Crippen molar-refractivity contribution in [3.05, 3.63) is 47.0 Å². The van der Waals surface area contributed by atoms with E-state index in [1.807, 2.05) is 24.3 Å². The first-order valence-electron chi connectivity index (χ1n) is 6.04. The number of carbonyl (C=O) groups excluding carboxylic acids is 1. The van der Waals surface area contributed by atoms with Crippen molar-refractivity contribution in [1.29, 1.82) is 0 Å². The van der Waals surface area contributed by atoms with Gasteiger partial charge in [-0.2, -0.15) is 0 Å². The van der Waals surface area contributed by atoms with Crippen molar-refractivity contribution in [2.45, 2.75) is 18.9 Å². The molecule has 0 aliphatic rings. The normalized spacial score (nSPS) is 11.4. The maximum absolute atomic E-state index is 11.6. The minimum Gasteiger partial charge on any atom is -0.481 e. The number of nitrogens with one attached hydrogen (secondary N) is 1. The Morgan fingerprint density at radius 1 is 1.40 bits per heavy atom. The molecule has 6 heteroatoms. The SMILES string of the molecule is C=CCOC(=O)NC(CCC(=O)O)c1ccc(Br)cc1. The third-order valence-electron chi connectivity index (χ3n) is 2.54. The van der Waals surface area contributed by atoms with Crippen LogP contribution in [-0.4, -0.2) is 23.8 Å². The predicted octanol–water partition coefficient (Wildman–Crippen LogP) is 3.27. The molecule has 20 heavy (non-hydrogen) atoms. The van der Waals surface area contributed by atoms with Crippen LogP contribution in [0.1, 0.15) is 24.4 Å². The zero-order chi connectivity index (χ0) is 15.0. The van der Waals surface area contributed by atoms with Gasteiger partial charge in [-0.05, 0) is 24.1 Å². The van der Waals surface area contributed by atoms with Crippen LogP contribution in [0.15, 0.2) is 41.4 Å². The van der Waals surface area contributed by atoms with Crippen LogP contribution in [0, 0.1) is 0 Å². The molecule has 108 valence electrons. The molecule has 0 fully saturated rings. The topological polar surface area (TPSA) is 75.6 Å². The Morgan fingerprint density at radius 3 is 2.60 bits per heavy atom. The summed E-state index contributed by atoms with van der Waals surface area (Å²) in [5.74, 6) is -0.909. The van der Waals surface area contributed by atoms with Crippen molar-refractivity contribution >= 4 is 28.0 Å². The number of carbonyl (C=O) groups is 2. The second-order valence-corrected chi connectivity index (χ2v) is 4.98. The van der Waals surface area contributed by atoms with Crippen molar-refractivity contribution in [2.75, 3.05) is 6.61 Å². The molecule has 0 aromatic heterocycles. The lowest BCUT2D eigenvalue weighted by molar-refractivity contribution is -0.137. The molecule has 5 nitrogen and oxygen atoms in total. The molecule has 1 rings (SSSR count). The van der Waals surface area contributed by atoms with Gasteiger partial charge in [0.1, 0.15) is 6.61 Å². The fraction of sp³-hybridized carbons (Fsp3) is 0.286. The van der Waals surface area contributed by atoms with Gasteiger partial charge in [0, 0.05) is 10.9 Å². The first kappa shape index (κ1) is 16.2. The Hall–Kier alpha value is -1.82. The van der Waals surface area contributed by atoms with E-state index in [0.29, 0.717) is 6.42 Å². The summed E-state index contributed by atoms with van der Waals surface area (Å²) in [6, 6.07) is 6.91. The predicted molar refractivity (Wildman–Crippen MR) is 78.4 cm³/mol. The average molecular weight is 342 g/mol. The van der Waals surface area contributed by atoms with Gasteiger partial charge in [-0.15, -0.1) is 0 Å². The molecule has 1 unspecified atom stereocenters. The zero-order valence-corrected chi connectivity index (χ0v) is 12.4. The summed E-state index contributed by atoms with van der Waals surface area (Å²) in [6.07, 6.45) is 1.12. The number of halogens is 1. The first-order valence-corrected chi connectivity index (χ1v) is 6.83. The van der Waals surface area contributed by atoms with Crippen molar-refractivity contribution in [1.82, 2.24) is 5.32 Å². The van der Waals surface area contributed by atoms with Crippen LogP contribution in [0.25, 0.3) is 0 Å². The number of aliphatic carboxylic acids is 1. The van der Waals surface area contributed by atoms with Crippen molar-refractivity contribution < 1.29 is 19.4 Å². The van der Waals surface area contributed by atoms with Crippen LogP contribution in [0.2, 0.25) is 0 Å². The maximum Gasteiger partial charge on any atom is 0.407 e. The number of carboxylic acids is 1. The summed E-state index contributed by atoms with van der Waals surface area (Å²) < 4.78 is 5.76. The van der Waals surface area contributed by atoms with Gasteiger partial charge in [-0.1, -0.05) is 40.7 Å². The molecule has 2 N–H and O–H groups in total. The smallest absolute Gasteiger partial charge is 0.407 e. The van der Waals surface area contributed by atoms with E-state index in [0.717, 1.165) is 10.0 Å². The van der Waals surface area contributed by atoms with E-state index >= 15 is 0 Å². The molecule has 0 saturated heterocycles. The Morgan fingerprint density at radius 2 is 2.05 bits per heavy atom. The zero-order valence-electron chi connectivity index (χ0n) is 10.8. The molecule has 0 radical (unpaired) electrons. The maximum atomic E-state index is 11.6. The monoisotopic (exact) mass is 341 g/mol. The molecule has 0 heterocycles. The number of benzene rings is 1. The van der Waals surface area contributed by atoms with Crippen molar-refractivity contribution in [3.8, 4) is 0 Å². The molecule has 1 atom stereocenters. The van der Waals surface area contributed by atoms with Crippen LogP contribution in [0.5, 0.6) is 0 Å². The Labute approximate surface area is 125 Å². The number of hydrogen-bond donors (Lipinski definition) is 2. The van der Waals surface area contributed by atoms with Crippen molar-refractivity contribution in [3.63, 3.8) is 0 Å². The summed E-state index contributed by atoms with van der Waals surface area (Å²) in [6.45, 7) is 3.56. The second kappa shape index (κ2) is 8.37. The summed E-state index contributed by atoms with van der Waals surface area (Å²) in [5, 5.41) is 11.4. The van der Waals surface area contributed by atoms with Crippen LogP contribution >= 0.6 is 15.9 Å². The quantitative estimate of drug-likeness (QED) is 0.746. The Balaban J connectivity index is 2.73. The molecular weight excluding hydrogens is 326 g/mol. The van der Waals surface area contributed by atoms with Gasteiger partial charge in [0.25, 0.3) is 0 Å². The molecule has 0 aliphatic heterocycles. The van der Waals surface area contributed by atoms with Crippen LogP contribution in [-0.2, 0) is 9.53 Å². The summed E-state index contributed by atoms with van der Waals surface area (Å²) in [7, 11) is 0. The number of hydrogen-bond acceptors (Lipinski definition) is 3. The molecule has 1 amide bonds. The fourth-order valence-electron chi connectivity index (χ4n) is 1.60. The third-order valence-corrected chi connectivity index (χ3v) is 3.07. The second-order valence-electron chi connectivity index (χ2n) is 4.07. The van der Waals surface area contributed by atoms with Gasteiger partial charge < -0.3 is 15.2 Å². The van der Waals surface area contributed by atoms with Crippen LogP contribution in [0.3, 0.4) is 0 Å². The molecule has 1 aromatic rings. The molecule has 0 spiro atoms. The summed E-state index contributed by atoms with van der Waals surface area (Å²) in [4.78, 5) is 22.2. The standard InChI is InChI=1S/C14H16BrNO4/c1-2-9-20-14(19)16-12(7-8-13(17)18)10-3-5-11(15)6-4-10/h2-6,12H,1,7-9H2,(H,16,19)(H,17,18). The minimum atomic E-state index is -0.909. The van der Waals surface area contributed by atoms with E-state index in [2.05, 4.69) is 27.8 Å². The molecule has 0 aliphatic carbocycles. The van der Waals surface area contributed by atoms with E-state index in [9.17, 15) is 9.59 Å². The van der Waals surface area contributed by atoms with E-state index in [4.69, 9.17) is 9.84 Å². The van der Waals surface area contributed by atoms with Crippen molar-refractivity contribution in [2.24, 2.45) is 0 Å². The van der Waals surface area contributed by atoms with Crippen LogP contribution in [0.4, 0.5) is 4.79 Å². The van der Waals surface area contributed by atoms with Gasteiger partial charge in [0.05, 0.1) is 6.04 Å². The fourth-order valence-corrected chi connectivity index (χ4v) is 1.87. The third kappa shape index (κ3) is 5.88. The first-order chi connectivity index (χ1) is 9.52. The number of amides is 1. The molecule has 1 aromatic carbocycles. The number of ether oxygens (including phenoxy) is 1.